The van der Waals surface area contributed by atoms with E-state index in [1.807, 2.05) is 43.1 Å². The molecule has 5 aliphatic heterocycles. The SMILES string of the molecule is CCC1=CC2CN(C1)Cc1c([nH]c3ccccc13)[C@@](C(=O)OC)(c1cc3c(cc1OC)N(C)[C@H]1[C@@](O)(C(=O)OC)[C@H](O)[C@]4(CC)C=CCN5CC[C@]31[C@@H]54)C2.[Ac]. The van der Waals surface area contributed by atoms with Crippen LogP contribution in [-0.2, 0) is 36.4 Å². The molecule has 1 saturated carbocycles. The molecule has 2 unspecified atom stereocenters. The molecule has 2 bridgehead atoms. The summed E-state index contributed by atoms with van der Waals surface area (Å²) in [7, 11) is 6.24. The third-order valence-corrected chi connectivity index (χ3v) is 14.5. The molecule has 3 N–H and O–H groups in total. The number of carbonyl (C=O) groups is 2. The first-order valence-electron chi connectivity index (χ1n) is 19.5. The number of aromatic amines is 1. The van der Waals surface area contributed by atoms with Crippen molar-refractivity contribution in [3.63, 3.8) is 0 Å². The molecule has 6 heterocycles. The molecule has 6 aliphatic rings. The van der Waals surface area contributed by atoms with E-state index in [-0.39, 0.29) is 62.0 Å². The van der Waals surface area contributed by atoms with Crippen LogP contribution in [0.25, 0.3) is 10.9 Å². The van der Waals surface area contributed by atoms with Crippen molar-refractivity contribution < 1.29 is 78.1 Å². The van der Waals surface area contributed by atoms with Crippen molar-refractivity contribution in [3.8, 4) is 5.75 Å². The summed E-state index contributed by atoms with van der Waals surface area (Å²) < 4.78 is 17.6. The monoisotopic (exact) mass is 963 g/mol. The standard InChI is InChI=1S/C43H52N4O7.Ac/c1-7-25-18-26-21-42(38(49)53-5,34-28(24-46(22-25)23-26)27-12-9-10-13-31(27)44-34)30-19-29-32(20-33(30)52-4)45(3)36-41(29)15-17-47-16-11-14-40(8-2,35(41)47)37(48)43(36,51)39(50)54-6;/h9-14,18-20,26,35-37,44,48,51H,7-8,15-17,21-24H2,1-6H3;/t26?,35-,36+,37+,40+,41+,42-,43-;/m0./s1. The molecule has 1 aliphatic carbocycles. The van der Waals surface area contributed by atoms with Crippen molar-refractivity contribution in [2.45, 2.75) is 80.7 Å². The van der Waals surface area contributed by atoms with Crippen LogP contribution in [0.2, 0.25) is 0 Å². The molecule has 289 valence electrons. The van der Waals surface area contributed by atoms with Crippen LogP contribution in [0.5, 0.6) is 5.75 Å². The third kappa shape index (κ3) is 4.91. The number of aliphatic hydroxyl groups is 2. The Bertz CT molecular complexity index is 2130. The molecule has 12 heteroatoms. The van der Waals surface area contributed by atoms with Gasteiger partial charge in [0.1, 0.15) is 17.3 Å². The molecule has 1 radical (unpaired) electrons. The number of aliphatic hydroxyl groups excluding tert-OH is 1. The second kappa shape index (κ2) is 13.7. The predicted molar refractivity (Wildman–Crippen MR) is 205 cm³/mol. The van der Waals surface area contributed by atoms with Gasteiger partial charge in [-0.2, -0.15) is 0 Å². The molecular formula is C43H52AcN4O7. The van der Waals surface area contributed by atoms with Gasteiger partial charge in [0.2, 0.25) is 5.60 Å². The van der Waals surface area contributed by atoms with E-state index in [1.54, 1.807) is 7.11 Å². The molecule has 0 amide bonds. The van der Waals surface area contributed by atoms with E-state index in [1.165, 1.54) is 19.8 Å². The van der Waals surface area contributed by atoms with Gasteiger partial charge in [-0.3, -0.25) is 14.6 Å². The van der Waals surface area contributed by atoms with Crippen LogP contribution in [0.3, 0.4) is 0 Å². The zero-order chi connectivity index (χ0) is 37.9. The Kier molecular flexibility index (Phi) is 9.75. The summed E-state index contributed by atoms with van der Waals surface area (Å²) in [6, 6.07) is 11.3. The number of rotatable bonds is 6. The number of methoxy groups -OCH3 is 3. The maximum absolute atomic E-state index is 15.1. The van der Waals surface area contributed by atoms with Crippen LogP contribution in [0.1, 0.15) is 61.9 Å². The number of nitrogens with one attached hydrogen (secondary N) is 1. The zero-order valence-corrected chi connectivity index (χ0v) is 37.5. The second-order valence-electron chi connectivity index (χ2n) is 16.6. The summed E-state index contributed by atoms with van der Waals surface area (Å²) in [5, 5.41) is 26.3. The van der Waals surface area contributed by atoms with Crippen LogP contribution in [0.4, 0.5) is 5.69 Å². The van der Waals surface area contributed by atoms with Crippen molar-refractivity contribution in [3.05, 3.63) is 82.6 Å². The number of hydrogen-bond acceptors (Lipinski definition) is 10. The minimum absolute atomic E-state index is 0. The van der Waals surface area contributed by atoms with Crippen molar-refractivity contribution in [2.24, 2.45) is 11.3 Å². The van der Waals surface area contributed by atoms with E-state index in [0.717, 1.165) is 52.9 Å². The summed E-state index contributed by atoms with van der Waals surface area (Å²) in [6.07, 6.45) is 7.52. The van der Waals surface area contributed by atoms with Crippen molar-refractivity contribution in [2.75, 3.05) is 59.5 Å². The van der Waals surface area contributed by atoms with Crippen LogP contribution < -0.4 is 9.64 Å². The van der Waals surface area contributed by atoms with Crippen LogP contribution in [-0.4, -0.2) is 115 Å². The van der Waals surface area contributed by atoms with Gasteiger partial charge < -0.3 is 34.3 Å². The summed E-state index contributed by atoms with van der Waals surface area (Å²) in [6.45, 7) is 7.97. The molecule has 55 heavy (non-hydrogen) atoms. The number of aromatic nitrogens is 1. The van der Waals surface area contributed by atoms with Crippen LogP contribution >= 0.6 is 0 Å². The zero-order valence-electron chi connectivity index (χ0n) is 32.7. The number of nitrogens with zero attached hydrogens (tertiary/aromatic N) is 3. The molecular weight excluding hydrogens is 911 g/mol. The van der Waals surface area contributed by atoms with Gasteiger partial charge in [0.25, 0.3) is 0 Å². The van der Waals surface area contributed by atoms with E-state index in [2.05, 4.69) is 52.1 Å². The second-order valence-corrected chi connectivity index (χ2v) is 16.6. The summed E-state index contributed by atoms with van der Waals surface area (Å²) in [4.78, 5) is 39.7. The van der Waals surface area contributed by atoms with Gasteiger partial charge in [0, 0.05) is 128 Å². The Morgan fingerprint density at radius 3 is 2.49 bits per heavy atom. The maximum atomic E-state index is 15.1. The Labute approximate surface area is 358 Å². The van der Waals surface area contributed by atoms with Crippen LogP contribution in [0, 0.1) is 55.4 Å². The molecule has 2 fully saturated rings. The first kappa shape index (κ1) is 39.1. The number of fused-ring (bicyclic) bond motifs is 6. The Morgan fingerprint density at radius 1 is 1.02 bits per heavy atom. The number of esters is 2. The fraction of sp³-hybridized carbons (Fsp3) is 0.535. The van der Waals surface area contributed by atoms with Gasteiger partial charge in [-0.1, -0.05) is 55.8 Å². The first-order chi connectivity index (χ1) is 26.0. The summed E-state index contributed by atoms with van der Waals surface area (Å²) in [5.41, 5.74) is 1.24. The summed E-state index contributed by atoms with van der Waals surface area (Å²) >= 11 is 0. The number of likely N-dealkylation sites (N-methyl/N-ethyl adjacent to an activating group) is 1. The van der Waals surface area contributed by atoms with Crippen molar-refractivity contribution in [1.82, 2.24) is 14.8 Å². The number of para-hydroxylation sites is 1. The number of hydrogen-bond donors (Lipinski definition) is 3. The minimum Gasteiger partial charge on any atom is -0.496 e. The van der Waals surface area contributed by atoms with Crippen LogP contribution in [0.15, 0.2) is 60.2 Å². The third-order valence-electron chi connectivity index (χ3n) is 14.5. The van der Waals surface area contributed by atoms with Crippen molar-refractivity contribution >= 4 is 28.5 Å². The van der Waals surface area contributed by atoms with E-state index in [0.29, 0.717) is 50.2 Å². The first-order valence-corrected chi connectivity index (χ1v) is 19.5. The number of carbonyl (C=O) groups excluding carboxylic acids is 2. The molecule has 9 atom stereocenters. The smallest absolute Gasteiger partial charge is 0.342 e. The fourth-order valence-electron chi connectivity index (χ4n) is 12.5. The number of benzene rings is 2. The largest absolute Gasteiger partial charge is 0.496 e. The van der Waals surface area contributed by atoms with E-state index in [9.17, 15) is 15.0 Å². The van der Waals surface area contributed by atoms with Gasteiger partial charge >= 0.3 is 11.9 Å². The van der Waals surface area contributed by atoms with Gasteiger partial charge in [-0.15, -0.1) is 0 Å². The number of H-pyrrole nitrogens is 1. The van der Waals surface area contributed by atoms with Gasteiger partial charge in [-0.25, -0.2) is 4.79 Å². The molecule has 9 rings (SSSR count). The number of anilines is 1. The summed E-state index contributed by atoms with van der Waals surface area (Å²) in [5.74, 6) is -0.669. The molecule has 1 saturated heterocycles. The fourth-order valence-corrected chi connectivity index (χ4v) is 12.5. The Balaban J connectivity index is 0.00000427. The molecule has 1 aromatic heterocycles. The van der Waals surface area contributed by atoms with E-state index in [4.69, 9.17) is 14.2 Å². The molecule has 1 spiro atoms. The molecule has 11 nitrogen and oxygen atoms in total. The van der Waals surface area contributed by atoms with E-state index >= 15 is 4.79 Å². The maximum Gasteiger partial charge on any atom is 0.342 e. The number of ether oxygens (including phenoxy) is 3. The van der Waals surface area contributed by atoms with Gasteiger partial charge in [0.15, 0.2) is 0 Å². The van der Waals surface area contributed by atoms with Gasteiger partial charge in [-0.05, 0) is 61.4 Å². The Morgan fingerprint density at radius 2 is 1.78 bits per heavy atom. The Hall–Kier alpha value is -2.72. The molecule has 3 aromatic rings. The quantitative estimate of drug-likeness (QED) is 0.245. The molecule has 2 aromatic carbocycles. The van der Waals surface area contributed by atoms with Gasteiger partial charge in [0.05, 0.1) is 27.4 Å². The van der Waals surface area contributed by atoms with Crippen molar-refractivity contribution in [1.29, 1.82) is 0 Å². The minimum atomic E-state index is -2.27. The topological polar surface area (TPSA) is 128 Å². The average molecular weight is 964 g/mol. The normalized spacial score (nSPS) is 35.7. The predicted octanol–water partition coefficient (Wildman–Crippen LogP) is 4.18. The van der Waals surface area contributed by atoms with E-state index < -0.39 is 40.0 Å². The average Bonchev–Trinajstić information content (AvgIpc) is 3.84.